The fourth-order valence-electron chi connectivity index (χ4n) is 3.16. The van der Waals surface area contributed by atoms with Gasteiger partial charge in [-0.1, -0.05) is 12.1 Å². The molecule has 2 heterocycles. The molecule has 1 aromatic heterocycles. The highest BCUT2D eigenvalue weighted by Crippen LogP contribution is 2.28. The molecule has 150 valence electrons. The zero-order valence-electron chi connectivity index (χ0n) is 16.2. The van der Waals surface area contributed by atoms with Crippen molar-refractivity contribution in [2.75, 3.05) is 47.1 Å². The molecule has 0 radical (unpaired) electrons. The summed E-state index contributed by atoms with van der Waals surface area (Å²) in [4.78, 5) is 16.0. The molecular weight excluding hydrogens is 376 g/mol. The summed E-state index contributed by atoms with van der Waals surface area (Å²) < 4.78 is 16.0. The second kappa shape index (κ2) is 10.3. The van der Waals surface area contributed by atoms with Crippen LogP contribution in [-0.2, 0) is 9.53 Å². The van der Waals surface area contributed by atoms with Crippen LogP contribution < -0.4 is 14.8 Å². The van der Waals surface area contributed by atoms with Gasteiger partial charge in [-0.25, -0.2) is 0 Å². The summed E-state index contributed by atoms with van der Waals surface area (Å²) >= 11 is 1.72. The number of benzene rings is 1. The monoisotopic (exact) mass is 402 g/mol. The Kier molecular flexibility index (Phi) is 7.47. The summed E-state index contributed by atoms with van der Waals surface area (Å²) in [7, 11) is 3.19. The molecule has 1 aromatic carbocycles. The first kappa shape index (κ1) is 20.4. The van der Waals surface area contributed by atoms with Crippen molar-refractivity contribution in [2.45, 2.75) is 6.04 Å². The molecular formula is C21H26N2O4S. The first-order chi connectivity index (χ1) is 13.7. The van der Waals surface area contributed by atoms with Gasteiger partial charge in [0.05, 0.1) is 33.5 Å². The van der Waals surface area contributed by atoms with Crippen molar-refractivity contribution in [3.8, 4) is 11.5 Å². The smallest absolute Gasteiger partial charge is 0.244 e. The van der Waals surface area contributed by atoms with E-state index in [1.54, 1.807) is 37.7 Å². The molecule has 1 atom stereocenters. The van der Waals surface area contributed by atoms with E-state index in [1.807, 2.05) is 24.3 Å². The fourth-order valence-corrected chi connectivity index (χ4v) is 4.03. The van der Waals surface area contributed by atoms with Gasteiger partial charge in [0.15, 0.2) is 11.5 Å². The van der Waals surface area contributed by atoms with Gasteiger partial charge >= 0.3 is 0 Å². The maximum atomic E-state index is 12.4. The molecule has 0 aliphatic carbocycles. The van der Waals surface area contributed by atoms with Crippen LogP contribution in [0.3, 0.4) is 0 Å². The zero-order chi connectivity index (χ0) is 19.8. The minimum absolute atomic E-state index is 0.121. The van der Waals surface area contributed by atoms with Gasteiger partial charge in [0.25, 0.3) is 0 Å². The van der Waals surface area contributed by atoms with E-state index < -0.39 is 0 Å². The van der Waals surface area contributed by atoms with Gasteiger partial charge in [-0.15, -0.1) is 11.3 Å². The van der Waals surface area contributed by atoms with E-state index in [2.05, 4.69) is 21.7 Å². The molecule has 1 fully saturated rings. The number of ether oxygens (including phenoxy) is 3. The molecule has 0 bridgehead atoms. The lowest BCUT2D eigenvalue weighted by Crippen LogP contribution is -2.43. The lowest BCUT2D eigenvalue weighted by Gasteiger charge is -2.34. The summed E-state index contributed by atoms with van der Waals surface area (Å²) in [5, 5.41) is 5.10. The predicted octanol–water partition coefficient (Wildman–Crippen LogP) is 2.97. The Bertz CT molecular complexity index is 786. The number of nitrogens with zero attached hydrogens (tertiary/aromatic N) is 1. The number of carbonyl (C=O) groups excluding carboxylic acids is 1. The van der Waals surface area contributed by atoms with Crippen LogP contribution in [0.2, 0.25) is 0 Å². The van der Waals surface area contributed by atoms with E-state index in [9.17, 15) is 4.79 Å². The van der Waals surface area contributed by atoms with Gasteiger partial charge in [0.1, 0.15) is 0 Å². The number of methoxy groups -OCH3 is 2. The summed E-state index contributed by atoms with van der Waals surface area (Å²) in [5.74, 6) is 1.17. The molecule has 2 aromatic rings. The molecule has 1 aliphatic heterocycles. The van der Waals surface area contributed by atoms with Gasteiger partial charge in [-0.3, -0.25) is 9.69 Å². The van der Waals surface area contributed by atoms with Crippen molar-refractivity contribution in [1.82, 2.24) is 10.2 Å². The Labute approximate surface area is 169 Å². The van der Waals surface area contributed by atoms with Gasteiger partial charge < -0.3 is 19.5 Å². The van der Waals surface area contributed by atoms with E-state index in [1.165, 1.54) is 4.88 Å². The molecule has 6 nitrogen and oxygen atoms in total. The van der Waals surface area contributed by atoms with Crippen molar-refractivity contribution in [3.63, 3.8) is 0 Å². The molecule has 1 amide bonds. The third kappa shape index (κ3) is 5.34. The number of amides is 1. The number of carbonyl (C=O) groups is 1. The number of hydrogen-bond donors (Lipinski definition) is 1. The van der Waals surface area contributed by atoms with Crippen LogP contribution >= 0.6 is 11.3 Å². The van der Waals surface area contributed by atoms with E-state index in [4.69, 9.17) is 14.2 Å². The summed E-state index contributed by atoms with van der Waals surface area (Å²) in [6.45, 7) is 3.78. The molecule has 0 saturated carbocycles. The molecule has 3 rings (SSSR count). The van der Waals surface area contributed by atoms with E-state index >= 15 is 0 Å². The number of thiophene rings is 1. The summed E-state index contributed by atoms with van der Waals surface area (Å²) in [5.41, 5.74) is 0.871. The molecule has 28 heavy (non-hydrogen) atoms. The highest BCUT2D eigenvalue weighted by atomic mass is 32.1. The van der Waals surface area contributed by atoms with E-state index in [0.29, 0.717) is 18.0 Å². The molecule has 1 aliphatic rings. The van der Waals surface area contributed by atoms with Crippen LogP contribution in [-0.4, -0.2) is 57.9 Å². The van der Waals surface area contributed by atoms with Crippen LogP contribution in [0.5, 0.6) is 11.5 Å². The van der Waals surface area contributed by atoms with Gasteiger partial charge in [-0.05, 0) is 35.2 Å². The summed E-state index contributed by atoms with van der Waals surface area (Å²) in [6.07, 6.45) is 3.32. The van der Waals surface area contributed by atoms with Crippen molar-refractivity contribution < 1.29 is 19.0 Å². The highest BCUT2D eigenvalue weighted by molar-refractivity contribution is 7.10. The second-order valence-electron chi connectivity index (χ2n) is 6.37. The van der Waals surface area contributed by atoms with Gasteiger partial charge in [-0.2, -0.15) is 0 Å². The van der Waals surface area contributed by atoms with Crippen molar-refractivity contribution >= 4 is 23.3 Å². The van der Waals surface area contributed by atoms with Crippen molar-refractivity contribution in [3.05, 3.63) is 52.2 Å². The molecule has 1 saturated heterocycles. The Hall–Kier alpha value is -2.35. The zero-order valence-corrected chi connectivity index (χ0v) is 17.0. The third-order valence-corrected chi connectivity index (χ3v) is 5.64. The van der Waals surface area contributed by atoms with Crippen LogP contribution in [0.25, 0.3) is 6.08 Å². The topological polar surface area (TPSA) is 60.0 Å². The molecule has 7 heteroatoms. The first-order valence-corrected chi connectivity index (χ1v) is 10.1. The largest absolute Gasteiger partial charge is 0.493 e. The fraction of sp³-hybridized carbons (Fsp3) is 0.381. The average Bonchev–Trinajstić information content (AvgIpc) is 3.27. The second-order valence-corrected chi connectivity index (χ2v) is 7.35. The maximum Gasteiger partial charge on any atom is 0.244 e. The number of morpholine rings is 1. The lowest BCUT2D eigenvalue weighted by atomic mass is 10.1. The third-order valence-electron chi connectivity index (χ3n) is 4.66. The van der Waals surface area contributed by atoms with Crippen LogP contribution in [0, 0.1) is 0 Å². The van der Waals surface area contributed by atoms with Crippen LogP contribution in [0.15, 0.2) is 41.8 Å². The number of nitrogens with one attached hydrogen (secondary N) is 1. The Morgan fingerprint density at radius 2 is 2.04 bits per heavy atom. The Morgan fingerprint density at radius 3 is 2.71 bits per heavy atom. The van der Waals surface area contributed by atoms with E-state index in [-0.39, 0.29) is 11.9 Å². The quantitative estimate of drug-likeness (QED) is 0.688. The summed E-state index contributed by atoms with van der Waals surface area (Å²) in [6, 6.07) is 9.88. The van der Waals surface area contributed by atoms with Crippen LogP contribution in [0.4, 0.5) is 0 Å². The van der Waals surface area contributed by atoms with Gasteiger partial charge in [0.2, 0.25) is 5.91 Å². The normalized spacial score (nSPS) is 16.1. The maximum absolute atomic E-state index is 12.4. The molecule has 0 spiro atoms. The average molecular weight is 403 g/mol. The molecule has 1 N–H and O–H groups in total. The number of hydrogen-bond acceptors (Lipinski definition) is 6. The first-order valence-electron chi connectivity index (χ1n) is 9.24. The predicted molar refractivity (Wildman–Crippen MR) is 111 cm³/mol. The standard InChI is InChI=1S/C21H26N2O4S/c1-25-18-7-5-16(14-19(18)26-2)6-8-21(24)22-15-17(20-4-3-13-28-20)23-9-11-27-12-10-23/h3-8,13-14,17H,9-12,15H2,1-2H3,(H,22,24)/b8-6+/t17-/m0/s1. The van der Waals surface area contributed by atoms with Crippen LogP contribution in [0.1, 0.15) is 16.5 Å². The highest BCUT2D eigenvalue weighted by Gasteiger charge is 2.23. The minimum atomic E-state index is -0.121. The lowest BCUT2D eigenvalue weighted by molar-refractivity contribution is -0.116. The van der Waals surface area contributed by atoms with E-state index in [0.717, 1.165) is 31.9 Å². The molecule has 0 unspecified atom stereocenters. The minimum Gasteiger partial charge on any atom is -0.493 e. The van der Waals surface area contributed by atoms with Crippen molar-refractivity contribution in [1.29, 1.82) is 0 Å². The Balaban J connectivity index is 1.60. The van der Waals surface area contributed by atoms with Crippen molar-refractivity contribution in [2.24, 2.45) is 0 Å². The van der Waals surface area contributed by atoms with Gasteiger partial charge in [0, 0.05) is 30.6 Å². The number of rotatable bonds is 8. The SMILES string of the molecule is COc1ccc(/C=C/C(=O)NC[C@@H](c2cccs2)N2CCOCC2)cc1OC. The Morgan fingerprint density at radius 1 is 1.25 bits per heavy atom.